The molecule has 3 aromatic heterocycles. The smallest absolute Gasteiger partial charge is 0.254 e. The summed E-state index contributed by atoms with van der Waals surface area (Å²) < 4.78 is 7.97. The third-order valence-corrected chi connectivity index (χ3v) is 5.76. The van der Waals surface area contributed by atoms with E-state index >= 15 is 0 Å². The summed E-state index contributed by atoms with van der Waals surface area (Å²) in [6.45, 7) is 2.65. The summed E-state index contributed by atoms with van der Waals surface area (Å²) in [5.74, 6) is 0.0291. The Hall–Kier alpha value is -3.20. The highest BCUT2D eigenvalue weighted by Crippen LogP contribution is 2.30. The lowest BCUT2D eigenvalue weighted by molar-refractivity contribution is -0.132. The Morgan fingerprint density at radius 2 is 2.10 bits per heavy atom. The minimum atomic E-state index is -0.489. The highest BCUT2D eigenvalue weighted by molar-refractivity contribution is 5.95. The molecule has 150 valence electrons. The van der Waals surface area contributed by atoms with Crippen LogP contribution in [0.5, 0.6) is 0 Å². The number of imidazole rings is 1. The third kappa shape index (κ3) is 3.38. The van der Waals surface area contributed by atoms with Crippen LogP contribution < -0.4 is 0 Å². The molecule has 29 heavy (non-hydrogen) atoms. The zero-order valence-electron chi connectivity index (χ0n) is 16.0. The highest BCUT2D eigenvalue weighted by atomic mass is 16.5. The number of nitrogens with zero attached hydrogens (tertiary/aromatic N) is 5. The van der Waals surface area contributed by atoms with Gasteiger partial charge in [-0.3, -0.25) is 14.7 Å². The van der Waals surface area contributed by atoms with Crippen molar-refractivity contribution in [3.8, 4) is 0 Å². The Bertz CT molecular complexity index is 1050. The minimum absolute atomic E-state index is 0.0265. The van der Waals surface area contributed by atoms with Crippen molar-refractivity contribution in [3.63, 3.8) is 0 Å². The van der Waals surface area contributed by atoms with Crippen LogP contribution in [0.15, 0.2) is 43.1 Å². The van der Waals surface area contributed by atoms with Crippen molar-refractivity contribution in [2.24, 2.45) is 0 Å². The standard InChI is InChI=1S/C20H22N6O3/c27-18(9-15-11-22-23-12-15)25-5-2-20(13-25)14-26(7-8-29-20)19(28)16-1-4-24-6-3-21-17(24)10-16/h1,3-4,6,10-12H,2,5,7-9,13-14H2,(H,22,23). The van der Waals surface area contributed by atoms with Crippen LogP contribution in [0.1, 0.15) is 22.3 Å². The van der Waals surface area contributed by atoms with Crippen molar-refractivity contribution >= 4 is 17.5 Å². The molecule has 1 spiro atoms. The lowest BCUT2D eigenvalue weighted by Crippen LogP contribution is -2.55. The van der Waals surface area contributed by atoms with E-state index in [4.69, 9.17) is 4.74 Å². The van der Waals surface area contributed by atoms with Gasteiger partial charge in [0.25, 0.3) is 5.91 Å². The Morgan fingerprint density at radius 1 is 1.21 bits per heavy atom. The van der Waals surface area contributed by atoms with Crippen molar-refractivity contribution in [3.05, 3.63) is 54.2 Å². The second-order valence-electron chi connectivity index (χ2n) is 7.71. The first-order valence-corrected chi connectivity index (χ1v) is 9.73. The van der Waals surface area contributed by atoms with Gasteiger partial charge in [0.2, 0.25) is 5.91 Å². The molecular weight excluding hydrogens is 372 g/mol. The third-order valence-electron chi connectivity index (χ3n) is 5.76. The number of carbonyl (C=O) groups is 2. The molecule has 3 aromatic rings. The first kappa shape index (κ1) is 17.9. The fourth-order valence-electron chi connectivity index (χ4n) is 4.21. The number of H-pyrrole nitrogens is 1. The number of morpholine rings is 1. The number of nitrogens with one attached hydrogen (secondary N) is 1. The summed E-state index contributed by atoms with van der Waals surface area (Å²) in [4.78, 5) is 33.6. The molecule has 5 heterocycles. The summed E-state index contributed by atoms with van der Waals surface area (Å²) in [6, 6.07) is 3.62. The number of ether oxygens (including phenoxy) is 1. The molecular formula is C20H22N6O3. The van der Waals surface area contributed by atoms with Gasteiger partial charge in [-0.15, -0.1) is 0 Å². The van der Waals surface area contributed by atoms with E-state index in [-0.39, 0.29) is 11.8 Å². The maximum absolute atomic E-state index is 13.1. The van der Waals surface area contributed by atoms with E-state index in [9.17, 15) is 9.59 Å². The SMILES string of the molecule is O=C(Cc1cn[nH]c1)N1CCC2(C1)CN(C(=O)c1ccn3ccnc3c1)CCO2. The number of aromatic nitrogens is 4. The second-order valence-corrected chi connectivity index (χ2v) is 7.71. The predicted molar refractivity (Wildman–Crippen MR) is 103 cm³/mol. The van der Waals surface area contributed by atoms with Crippen LogP contribution >= 0.6 is 0 Å². The number of hydrogen-bond donors (Lipinski definition) is 1. The molecule has 1 N–H and O–H groups in total. The average Bonchev–Trinajstić information content (AvgIpc) is 3.48. The van der Waals surface area contributed by atoms with Crippen molar-refractivity contribution in [1.82, 2.24) is 29.4 Å². The fraction of sp³-hybridized carbons (Fsp3) is 0.400. The van der Waals surface area contributed by atoms with Crippen LogP contribution in [0.4, 0.5) is 0 Å². The van der Waals surface area contributed by atoms with Crippen LogP contribution in [0.3, 0.4) is 0 Å². The zero-order valence-corrected chi connectivity index (χ0v) is 16.0. The minimum Gasteiger partial charge on any atom is -0.369 e. The molecule has 2 amide bonds. The quantitative estimate of drug-likeness (QED) is 0.707. The Balaban J connectivity index is 1.27. The molecule has 2 fully saturated rings. The van der Waals surface area contributed by atoms with Gasteiger partial charge in [0.15, 0.2) is 0 Å². The number of pyridine rings is 1. The molecule has 0 radical (unpaired) electrons. The summed E-state index contributed by atoms with van der Waals surface area (Å²) in [5.41, 5.74) is 1.74. The van der Waals surface area contributed by atoms with Gasteiger partial charge in [0.1, 0.15) is 11.2 Å². The van der Waals surface area contributed by atoms with Crippen molar-refractivity contribution in [2.75, 3.05) is 32.8 Å². The molecule has 0 aliphatic carbocycles. The Morgan fingerprint density at radius 3 is 2.97 bits per heavy atom. The maximum Gasteiger partial charge on any atom is 0.254 e. The largest absolute Gasteiger partial charge is 0.369 e. The molecule has 1 atom stereocenters. The maximum atomic E-state index is 13.1. The normalized spacial score (nSPS) is 21.9. The first-order valence-electron chi connectivity index (χ1n) is 9.73. The van der Waals surface area contributed by atoms with Crippen LogP contribution in [0.2, 0.25) is 0 Å². The summed E-state index contributed by atoms with van der Waals surface area (Å²) >= 11 is 0. The topological polar surface area (TPSA) is 95.8 Å². The molecule has 0 bridgehead atoms. The van der Waals surface area contributed by atoms with E-state index in [1.54, 1.807) is 24.7 Å². The number of fused-ring (bicyclic) bond motifs is 1. The van der Waals surface area contributed by atoms with Gasteiger partial charge < -0.3 is 18.9 Å². The van der Waals surface area contributed by atoms with Crippen LogP contribution in [-0.4, -0.2) is 79.6 Å². The summed E-state index contributed by atoms with van der Waals surface area (Å²) in [7, 11) is 0. The van der Waals surface area contributed by atoms with Gasteiger partial charge in [-0.25, -0.2) is 4.98 Å². The van der Waals surface area contributed by atoms with Crippen molar-refractivity contribution < 1.29 is 14.3 Å². The van der Waals surface area contributed by atoms with Gasteiger partial charge in [-0.2, -0.15) is 5.10 Å². The Labute approximate surface area is 167 Å². The summed E-state index contributed by atoms with van der Waals surface area (Å²) in [6.07, 6.45) is 9.85. The van der Waals surface area contributed by atoms with E-state index in [1.807, 2.05) is 32.7 Å². The molecule has 0 aromatic carbocycles. The predicted octanol–water partition coefficient (Wildman–Crippen LogP) is 0.744. The van der Waals surface area contributed by atoms with E-state index in [1.165, 1.54) is 0 Å². The molecule has 2 aliphatic heterocycles. The van der Waals surface area contributed by atoms with Gasteiger partial charge in [0, 0.05) is 43.4 Å². The monoisotopic (exact) mass is 394 g/mol. The molecule has 1 unspecified atom stereocenters. The summed E-state index contributed by atoms with van der Waals surface area (Å²) in [5, 5.41) is 6.62. The lowest BCUT2D eigenvalue weighted by Gasteiger charge is -2.40. The van der Waals surface area contributed by atoms with Gasteiger partial charge >= 0.3 is 0 Å². The number of aromatic amines is 1. The average molecular weight is 394 g/mol. The molecule has 9 nitrogen and oxygen atoms in total. The fourth-order valence-corrected chi connectivity index (χ4v) is 4.21. The van der Waals surface area contributed by atoms with E-state index in [2.05, 4.69) is 15.2 Å². The number of carbonyl (C=O) groups excluding carboxylic acids is 2. The second kappa shape index (κ2) is 7.00. The van der Waals surface area contributed by atoms with Gasteiger partial charge in [-0.1, -0.05) is 0 Å². The number of hydrogen-bond acceptors (Lipinski definition) is 5. The Kier molecular flexibility index (Phi) is 4.31. The molecule has 2 aliphatic rings. The van der Waals surface area contributed by atoms with Gasteiger partial charge in [-0.05, 0) is 24.1 Å². The van der Waals surface area contributed by atoms with E-state index in [0.29, 0.717) is 44.8 Å². The van der Waals surface area contributed by atoms with Crippen molar-refractivity contribution in [2.45, 2.75) is 18.4 Å². The zero-order chi connectivity index (χ0) is 19.8. The van der Waals surface area contributed by atoms with Crippen LogP contribution in [-0.2, 0) is 16.0 Å². The lowest BCUT2D eigenvalue weighted by atomic mass is 10.00. The molecule has 9 heteroatoms. The highest BCUT2D eigenvalue weighted by Gasteiger charge is 2.45. The van der Waals surface area contributed by atoms with Crippen molar-refractivity contribution in [1.29, 1.82) is 0 Å². The molecule has 5 rings (SSSR count). The van der Waals surface area contributed by atoms with E-state index in [0.717, 1.165) is 17.6 Å². The van der Waals surface area contributed by atoms with E-state index < -0.39 is 5.60 Å². The van der Waals surface area contributed by atoms with Gasteiger partial charge in [0.05, 0.1) is 32.3 Å². The first-order chi connectivity index (χ1) is 14.1. The van der Waals surface area contributed by atoms with Crippen LogP contribution in [0, 0.1) is 0 Å². The number of likely N-dealkylation sites (tertiary alicyclic amines) is 1. The van der Waals surface area contributed by atoms with Crippen LogP contribution in [0.25, 0.3) is 5.65 Å². The molecule has 0 saturated carbocycles. The molecule has 2 saturated heterocycles. The number of amides is 2. The number of rotatable bonds is 3.